The van der Waals surface area contributed by atoms with Crippen molar-refractivity contribution in [1.82, 2.24) is 10.3 Å². The van der Waals surface area contributed by atoms with Gasteiger partial charge in [-0.05, 0) is 31.2 Å². The van der Waals surface area contributed by atoms with Crippen molar-refractivity contribution in [2.75, 3.05) is 24.3 Å². The molecule has 0 saturated carbocycles. The lowest BCUT2D eigenvalue weighted by atomic mass is 10.0. The van der Waals surface area contributed by atoms with E-state index >= 15 is 0 Å². The van der Waals surface area contributed by atoms with Crippen LogP contribution in [0.1, 0.15) is 17.2 Å². The van der Waals surface area contributed by atoms with E-state index in [0.717, 1.165) is 0 Å². The number of hydrogen-bond donors (Lipinski definition) is 1. The van der Waals surface area contributed by atoms with E-state index in [1.165, 1.54) is 28.4 Å². The molecule has 1 aliphatic heterocycles. The van der Waals surface area contributed by atoms with Crippen LogP contribution in [0.15, 0.2) is 18.5 Å². The Morgan fingerprint density at radius 2 is 2.38 bits per heavy atom. The molecule has 0 aliphatic carbocycles. The summed E-state index contributed by atoms with van der Waals surface area (Å²) in [7, 11) is 2.05. The molecule has 0 amide bonds. The van der Waals surface area contributed by atoms with Crippen LogP contribution < -0.4 is 5.32 Å². The highest BCUT2D eigenvalue weighted by atomic mass is 32.2. The minimum atomic E-state index is 0.437. The number of thioether (sulfide) groups is 2. The smallest absolute Gasteiger partial charge is 0.0464 e. The Bertz CT molecular complexity index is 338. The van der Waals surface area contributed by atoms with Crippen LogP contribution in [-0.4, -0.2) is 34.5 Å². The minimum Gasteiger partial charge on any atom is -0.312 e. The third-order valence-corrected chi connectivity index (χ3v) is 5.80. The molecule has 1 aliphatic rings. The number of aryl methyl sites for hydroxylation is 1. The Hall–Kier alpha value is -0.190. The minimum absolute atomic E-state index is 0.437. The molecule has 1 N–H and O–H groups in total. The lowest BCUT2D eigenvalue weighted by Crippen LogP contribution is -2.32. The quantitative estimate of drug-likeness (QED) is 0.896. The molecule has 88 valence electrons. The van der Waals surface area contributed by atoms with E-state index in [9.17, 15) is 0 Å². The first-order chi connectivity index (χ1) is 7.83. The van der Waals surface area contributed by atoms with Crippen LogP contribution >= 0.6 is 23.5 Å². The van der Waals surface area contributed by atoms with Gasteiger partial charge in [0.1, 0.15) is 0 Å². The van der Waals surface area contributed by atoms with Gasteiger partial charge in [0, 0.05) is 40.9 Å². The average Bonchev–Trinajstić information content (AvgIpc) is 2.34. The lowest BCUT2D eigenvalue weighted by molar-refractivity contribution is 0.587. The molecule has 2 nitrogen and oxygen atoms in total. The van der Waals surface area contributed by atoms with E-state index in [4.69, 9.17) is 0 Å². The highest BCUT2D eigenvalue weighted by Crippen LogP contribution is 2.34. The van der Waals surface area contributed by atoms with E-state index < -0.39 is 0 Å². The van der Waals surface area contributed by atoms with Crippen molar-refractivity contribution in [3.8, 4) is 0 Å². The van der Waals surface area contributed by atoms with Crippen LogP contribution in [0.2, 0.25) is 0 Å². The maximum Gasteiger partial charge on any atom is 0.0464 e. The number of nitrogens with one attached hydrogen (secondary N) is 1. The predicted molar refractivity (Wildman–Crippen MR) is 74.3 cm³/mol. The fourth-order valence-corrected chi connectivity index (χ4v) is 4.94. The van der Waals surface area contributed by atoms with Gasteiger partial charge in [0.2, 0.25) is 0 Å². The topological polar surface area (TPSA) is 24.9 Å². The van der Waals surface area contributed by atoms with Gasteiger partial charge in [-0.2, -0.15) is 23.5 Å². The number of pyridine rings is 1. The summed E-state index contributed by atoms with van der Waals surface area (Å²) in [5.41, 5.74) is 2.69. The van der Waals surface area contributed by atoms with Crippen LogP contribution in [0.25, 0.3) is 0 Å². The second kappa shape index (κ2) is 5.94. The Morgan fingerprint density at radius 3 is 3.00 bits per heavy atom. The monoisotopic (exact) mass is 254 g/mol. The number of nitrogens with zero attached hydrogens (tertiary/aromatic N) is 1. The Balaban J connectivity index is 2.18. The maximum absolute atomic E-state index is 4.25. The first-order valence-electron chi connectivity index (χ1n) is 5.60. The highest BCUT2D eigenvalue weighted by molar-refractivity contribution is 8.06. The fourth-order valence-electron chi connectivity index (χ4n) is 2.04. The van der Waals surface area contributed by atoms with Gasteiger partial charge in [-0.15, -0.1) is 0 Å². The molecule has 0 spiro atoms. The van der Waals surface area contributed by atoms with Crippen LogP contribution in [-0.2, 0) is 0 Å². The van der Waals surface area contributed by atoms with E-state index in [1.807, 2.05) is 12.4 Å². The lowest BCUT2D eigenvalue weighted by Gasteiger charge is -2.30. The molecule has 0 radical (unpaired) electrons. The molecule has 1 fully saturated rings. The summed E-state index contributed by atoms with van der Waals surface area (Å²) in [6.45, 7) is 2.17. The Labute approximate surface area is 106 Å². The van der Waals surface area contributed by atoms with Gasteiger partial charge >= 0.3 is 0 Å². The molecule has 1 aromatic heterocycles. The summed E-state index contributed by atoms with van der Waals surface area (Å²) in [5.74, 6) is 3.81. The first kappa shape index (κ1) is 12.3. The number of rotatable bonds is 3. The molecule has 0 aromatic carbocycles. The average molecular weight is 254 g/mol. The van der Waals surface area contributed by atoms with Crippen molar-refractivity contribution >= 4 is 23.5 Å². The second-order valence-corrected chi connectivity index (χ2v) is 6.48. The molecular formula is C12H18N2S2. The molecule has 16 heavy (non-hydrogen) atoms. The largest absolute Gasteiger partial charge is 0.312 e. The fraction of sp³-hybridized carbons (Fsp3) is 0.583. The molecule has 2 heterocycles. The normalized spacial score (nSPS) is 23.0. The molecular weight excluding hydrogens is 236 g/mol. The highest BCUT2D eigenvalue weighted by Gasteiger charge is 2.25. The zero-order chi connectivity index (χ0) is 11.4. The zero-order valence-corrected chi connectivity index (χ0v) is 11.4. The standard InChI is InChI=1S/C12H18N2S2/c1-9-3-4-14-7-10(9)12(13-2)11-8-15-5-6-16-11/h3-4,7,11-13H,5-6,8H2,1-2H3. The Morgan fingerprint density at radius 1 is 1.50 bits per heavy atom. The molecule has 4 heteroatoms. The molecule has 1 saturated heterocycles. The Kier molecular flexibility index (Phi) is 4.55. The van der Waals surface area contributed by atoms with Crippen molar-refractivity contribution in [2.45, 2.75) is 18.2 Å². The van der Waals surface area contributed by atoms with E-state index in [-0.39, 0.29) is 0 Å². The molecule has 2 unspecified atom stereocenters. The third kappa shape index (κ3) is 2.73. The SMILES string of the molecule is CNC(c1cnccc1C)C1CSCCS1. The molecule has 2 atom stereocenters. The van der Waals surface area contributed by atoms with Crippen LogP contribution in [0.5, 0.6) is 0 Å². The summed E-state index contributed by atoms with van der Waals surface area (Å²) in [6, 6.07) is 2.53. The summed E-state index contributed by atoms with van der Waals surface area (Å²) < 4.78 is 0. The van der Waals surface area contributed by atoms with E-state index in [2.05, 4.69) is 53.9 Å². The van der Waals surface area contributed by atoms with Crippen LogP contribution in [0, 0.1) is 6.92 Å². The van der Waals surface area contributed by atoms with Crippen molar-refractivity contribution in [2.24, 2.45) is 0 Å². The zero-order valence-electron chi connectivity index (χ0n) is 9.77. The summed E-state index contributed by atoms with van der Waals surface area (Å²) in [5, 5.41) is 4.13. The molecule has 1 aromatic rings. The van der Waals surface area contributed by atoms with Crippen LogP contribution in [0.3, 0.4) is 0 Å². The van der Waals surface area contributed by atoms with Gasteiger partial charge in [-0.3, -0.25) is 4.98 Å². The van der Waals surface area contributed by atoms with E-state index in [1.54, 1.807) is 0 Å². The third-order valence-electron chi connectivity index (χ3n) is 2.94. The van der Waals surface area contributed by atoms with Gasteiger partial charge in [-0.25, -0.2) is 0 Å². The predicted octanol–water partition coefficient (Wildman–Crippen LogP) is 2.50. The summed E-state index contributed by atoms with van der Waals surface area (Å²) in [4.78, 5) is 4.25. The van der Waals surface area contributed by atoms with Gasteiger partial charge in [0.15, 0.2) is 0 Å². The molecule has 0 bridgehead atoms. The first-order valence-corrected chi connectivity index (χ1v) is 7.80. The van der Waals surface area contributed by atoms with Crippen LogP contribution in [0.4, 0.5) is 0 Å². The van der Waals surface area contributed by atoms with E-state index in [0.29, 0.717) is 11.3 Å². The van der Waals surface area contributed by atoms with Gasteiger partial charge in [0.05, 0.1) is 0 Å². The number of hydrogen-bond acceptors (Lipinski definition) is 4. The van der Waals surface area contributed by atoms with Gasteiger partial charge in [0.25, 0.3) is 0 Å². The second-order valence-electron chi connectivity index (χ2n) is 3.98. The molecule has 2 rings (SSSR count). The van der Waals surface area contributed by atoms with Crippen molar-refractivity contribution in [3.05, 3.63) is 29.6 Å². The van der Waals surface area contributed by atoms with Crippen molar-refractivity contribution < 1.29 is 0 Å². The van der Waals surface area contributed by atoms with Crippen molar-refractivity contribution in [3.63, 3.8) is 0 Å². The van der Waals surface area contributed by atoms with Gasteiger partial charge in [-0.1, -0.05) is 0 Å². The van der Waals surface area contributed by atoms with Crippen molar-refractivity contribution in [1.29, 1.82) is 0 Å². The summed E-state index contributed by atoms with van der Waals surface area (Å²) in [6.07, 6.45) is 3.88. The number of aromatic nitrogens is 1. The maximum atomic E-state index is 4.25. The van der Waals surface area contributed by atoms with Gasteiger partial charge < -0.3 is 5.32 Å². The summed E-state index contributed by atoms with van der Waals surface area (Å²) >= 11 is 4.15.